The smallest absolute Gasteiger partial charge is 0.193 e. The van der Waals surface area contributed by atoms with E-state index < -0.39 is 17.4 Å². The van der Waals surface area contributed by atoms with Gasteiger partial charge in [-0.3, -0.25) is 4.79 Å². The summed E-state index contributed by atoms with van der Waals surface area (Å²) in [7, 11) is 4.43. The molecule has 0 aliphatic carbocycles. The van der Waals surface area contributed by atoms with Crippen molar-refractivity contribution in [2.45, 2.75) is 13.8 Å². The van der Waals surface area contributed by atoms with Gasteiger partial charge in [0.05, 0.1) is 21.3 Å². The second kappa shape index (κ2) is 7.99. The third-order valence-electron chi connectivity index (χ3n) is 4.05. The van der Waals surface area contributed by atoms with Gasteiger partial charge in [0.15, 0.2) is 17.4 Å². The number of rotatable bonds is 6. The van der Waals surface area contributed by atoms with E-state index in [-0.39, 0.29) is 5.56 Å². The molecule has 2 aromatic carbocycles. The van der Waals surface area contributed by atoms with Crippen LogP contribution in [0.4, 0.5) is 8.78 Å². The first-order valence-electron chi connectivity index (χ1n) is 7.82. The lowest BCUT2D eigenvalue weighted by Gasteiger charge is -2.19. The number of ether oxygens (including phenoxy) is 3. The monoisotopic (exact) mass is 362 g/mol. The van der Waals surface area contributed by atoms with Gasteiger partial charge in [-0.1, -0.05) is 12.1 Å². The number of hydrogen-bond acceptors (Lipinski definition) is 4. The molecule has 0 N–H and O–H groups in total. The number of carbonyl (C=O) groups excluding carboxylic acids is 1. The Morgan fingerprint density at radius 1 is 0.885 bits per heavy atom. The highest BCUT2D eigenvalue weighted by atomic mass is 19.2. The maximum atomic E-state index is 13.3. The molecule has 2 aromatic rings. The highest BCUT2D eigenvalue weighted by Gasteiger charge is 2.25. The van der Waals surface area contributed by atoms with Gasteiger partial charge in [0.25, 0.3) is 0 Å². The Morgan fingerprint density at radius 3 is 1.88 bits per heavy atom. The highest BCUT2D eigenvalue weighted by molar-refractivity contribution is 6.11. The molecular formula is C20H20F2O4. The van der Waals surface area contributed by atoms with Crippen LogP contribution >= 0.6 is 0 Å². The molecule has 0 spiro atoms. The Kier molecular flexibility index (Phi) is 5.97. The highest BCUT2D eigenvalue weighted by Crippen LogP contribution is 2.43. The molecule has 0 amide bonds. The Balaban J connectivity index is 2.54. The predicted molar refractivity (Wildman–Crippen MR) is 95.3 cm³/mol. The molecular weight excluding hydrogens is 342 g/mol. The fourth-order valence-corrected chi connectivity index (χ4v) is 2.88. The lowest BCUT2D eigenvalue weighted by molar-refractivity contribution is 0.104. The Bertz CT molecular complexity index is 842. The number of allylic oxidation sites excluding steroid dienone is 1. The van der Waals surface area contributed by atoms with Crippen molar-refractivity contribution in [3.8, 4) is 17.2 Å². The summed E-state index contributed by atoms with van der Waals surface area (Å²) < 4.78 is 42.5. The second-order valence-corrected chi connectivity index (χ2v) is 5.60. The molecule has 0 bridgehead atoms. The molecule has 4 nitrogen and oxygen atoms in total. The third kappa shape index (κ3) is 3.54. The van der Waals surface area contributed by atoms with Crippen LogP contribution in [-0.2, 0) is 0 Å². The number of benzene rings is 2. The lowest BCUT2D eigenvalue weighted by Crippen LogP contribution is -2.08. The standard InChI is InChI=1S/C20H20F2O4/c1-11-18(24-3)12(2)20(26-5)17(19(11)25-4)16(23)9-7-13-6-8-14(21)15(22)10-13/h6-10H,1-5H3. The number of ketones is 1. The quantitative estimate of drug-likeness (QED) is 0.560. The van der Waals surface area contributed by atoms with Crippen LogP contribution in [0.3, 0.4) is 0 Å². The van der Waals surface area contributed by atoms with Gasteiger partial charge in [-0.2, -0.15) is 0 Å². The van der Waals surface area contributed by atoms with E-state index in [0.717, 1.165) is 12.1 Å². The fraction of sp³-hybridized carbons (Fsp3) is 0.250. The van der Waals surface area contributed by atoms with Gasteiger partial charge in [0.2, 0.25) is 0 Å². The van der Waals surface area contributed by atoms with E-state index in [0.29, 0.717) is 33.9 Å². The van der Waals surface area contributed by atoms with Crippen molar-refractivity contribution in [1.82, 2.24) is 0 Å². The largest absolute Gasteiger partial charge is 0.496 e. The molecule has 6 heteroatoms. The molecule has 0 atom stereocenters. The number of hydrogen-bond donors (Lipinski definition) is 0. The van der Waals surface area contributed by atoms with Gasteiger partial charge in [-0.15, -0.1) is 0 Å². The first-order valence-corrected chi connectivity index (χ1v) is 7.82. The molecule has 0 aromatic heterocycles. The van der Waals surface area contributed by atoms with E-state index in [1.807, 2.05) is 0 Å². The Hall–Kier alpha value is -2.89. The van der Waals surface area contributed by atoms with Gasteiger partial charge in [0.1, 0.15) is 22.8 Å². The van der Waals surface area contributed by atoms with Gasteiger partial charge in [-0.25, -0.2) is 8.78 Å². The van der Waals surface area contributed by atoms with Crippen LogP contribution in [0.2, 0.25) is 0 Å². The molecule has 0 saturated heterocycles. The lowest BCUT2D eigenvalue weighted by atomic mass is 9.98. The molecule has 0 aliphatic rings. The van der Waals surface area contributed by atoms with E-state index in [1.165, 1.54) is 39.5 Å². The van der Waals surface area contributed by atoms with Gasteiger partial charge in [0, 0.05) is 11.1 Å². The minimum Gasteiger partial charge on any atom is -0.496 e. The maximum absolute atomic E-state index is 13.3. The van der Waals surface area contributed by atoms with Crippen LogP contribution < -0.4 is 14.2 Å². The van der Waals surface area contributed by atoms with Gasteiger partial charge < -0.3 is 14.2 Å². The summed E-state index contributed by atoms with van der Waals surface area (Å²) in [6.45, 7) is 3.56. The van der Waals surface area contributed by atoms with Gasteiger partial charge >= 0.3 is 0 Å². The topological polar surface area (TPSA) is 44.8 Å². The van der Waals surface area contributed by atoms with Crippen LogP contribution in [0, 0.1) is 25.5 Å². The molecule has 0 heterocycles. The molecule has 0 radical (unpaired) electrons. The molecule has 0 aliphatic heterocycles. The molecule has 0 fully saturated rings. The minimum atomic E-state index is -0.981. The summed E-state index contributed by atoms with van der Waals surface area (Å²) in [5.41, 5.74) is 1.93. The van der Waals surface area contributed by atoms with Gasteiger partial charge in [-0.05, 0) is 37.6 Å². The normalized spacial score (nSPS) is 10.9. The molecule has 0 saturated carbocycles. The summed E-state index contributed by atoms with van der Waals surface area (Å²) in [5.74, 6) is -1.07. The molecule has 26 heavy (non-hydrogen) atoms. The fourth-order valence-electron chi connectivity index (χ4n) is 2.88. The SMILES string of the molecule is COc1c(C)c(OC)c(C(=O)C=Cc2ccc(F)c(F)c2)c(OC)c1C. The number of carbonyl (C=O) groups is 1. The van der Waals surface area contributed by atoms with Crippen molar-refractivity contribution in [3.05, 3.63) is 58.2 Å². The van der Waals surface area contributed by atoms with Crippen LogP contribution in [0.5, 0.6) is 17.2 Å². The average molecular weight is 362 g/mol. The maximum Gasteiger partial charge on any atom is 0.193 e. The van der Waals surface area contributed by atoms with Crippen LogP contribution in [-0.4, -0.2) is 27.1 Å². The number of methoxy groups -OCH3 is 3. The summed E-state index contributed by atoms with van der Waals surface area (Å²) >= 11 is 0. The van der Waals surface area contributed by atoms with Crippen LogP contribution in [0.1, 0.15) is 27.0 Å². The van der Waals surface area contributed by atoms with Crippen LogP contribution in [0.15, 0.2) is 24.3 Å². The Morgan fingerprint density at radius 2 is 1.42 bits per heavy atom. The summed E-state index contributed by atoms with van der Waals surface area (Å²) in [4.78, 5) is 12.8. The van der Waals surface area contributed by atoms with E-state index in [1.54, 1.807) is 13.8 Å². The van der Waals surface area contributed by atoms with Crippen molar-refractivity contribution in [2.24, 2.45) is 0 Å². The molecule has 138 valence electrons. The van der Waals surface area contributed by atoms with E-state index in [9.17, 15) is 13.6 Å². The van der Waals surface area contributed by atoms with Crippen molar-refractivity contribution in [3.63, 3.8) is 0 Å². The van der Waals surface area contributed by atoms with E-state index in [2.05, 4.69) is 0 Å². The van der Waals surface area contributed by atoms with Crippen molar-refractivity contribution in [1.29, 1.82) is 0 Å². The zero-order valence-corrected chi connectivity index (χ0v) is 15.3. The summed E-state index contributed by atoms with van der Waals surface area (Å²) in [6.07, 6.45) is 2.66. The van der Waals surface area contributed by atoms with Crippen molar-refractivity contribution in [2.75, 3.05) is 21.3 Å². The second-order valence-electron chi connectivity index (χ2n) is 5.60. The number of halogens is 2. The Labute approximate surface area is 151 Å². The summed E-state index contributed by atoms with van der Waals surface area (Å²) in [6, 6.07) is 3.39. The third-order valence-corrected chi connectivity index (χ3v) is 4.05. The minimum absolute atomic E-state index is 0.240. The predicted octanol–water partition coefficient (Wildman–Crippen LogP) is 4.50. The van der Waals surface area contributed by atoms with Crippen LogP contribution in [0.25, 0.3) is 6.08 Å². The van der Waals surface area contributed by atoms with Crippen molar-refractivity contribution < 1.29 is 27.8 Å². The van der Waals surface area contributed by atoms with E-state index >= 15 is 0 Å². The zero-order valence-electron chi connectivity index (χ0n) is 15.3. The van der Waals surface area contributed by atoms with E-state index in [4.69, 9.17) is 14.2 Å². The van der Waals surface area contributed by atoms with Crippen molar-refractivity contribution >= 4 is 11.9 Å². The zero-order chi connectivity index (χ0) is 19.4. The first-order chi connectivity index (χ1) is 12.3. The average Bonchev–Trinajstić information content (AvgIpc) is 2.62. The summed E-state index contributed by atoms with van der Waals surface area (Å²) in [5, 5.41) is 0. The first kappa shape index (κ1) is 19.4. The molecule has 0 unspecified atom stereocenters. The molecule has 2 rings (SSSR count).